The molecule has 4 unspecified atom stereocenters. The summed E-state index contributed by atoms with van der Waals surface area (Å²) < 4.78 is 8.76. The molecule has 4 aliphatic rings. The molecule has 62 heavy (non-hydrogen) atoms. The second kappa shape index (κ2) is 16.3. The maximum atomic E-state index is 7.09. The number of hydrogen-bond donors (Lipinski definition) is 1. The minimum atomic E-state index is 0.0501. The molecule has 0 saturated heterocycles. The van der Waals surface area contributed by atoms with Crippen LogP contribution in [0.15, 0.2) is 201 Å². The third-order valence-corrected chi connectivity index (χ3v) is 16.2. The molecular formula is C50H42N8S4+2. The van der Waals surface area contributed by atoms with Crippen LogP contribution in [0.4, 0.5) is 11.4 Å². The van der Waals surface area contributed by atoms with Crippen LogP contribution in [0.3, 0.4) is 0 Å². The van der Waals surface area contributed by atoms with Crippen molar-refractivity contribution in [1.82, 2.24) is 14.9 Å². The van der Waals surface area contributed by atoms with Crippen LogP contribution in [0.25, 0.3) is 32.6 Å². The lowest BCUT2D eigenvalue weighted by atomic mass is 9.84. The Morgan fingerprint density at radius 1 is 0.548 bits per heavy atom. The number of anilines is 2. The molecule has 11 rings (SSSR count). The van der Waals surface area contributed by atoms with Crippen LogP contribution >= 0.6 is 46.2 Å². The van der Waals surface area contributed by atoms with Gasteiger partial charge in [-0.25, -0.2) is 4.68 Å². The lowest BCUT2D eigenvalue weighted by molar-refractivity contribution is -0.642. The highest BCUT2D eigenvalue weighted by atomic mass is 32.2. The Hall–Kier alpha value is -6.18. The molecule has 0 radical (unpaired) electrons. The van der Waals surface area contributed by atoms with Crippen molar-refractivity contribution in [2.75, 3.05) is 15.6 Å². The first-order valence-corrected chi connectivity index (χ1v) is 23.8. The lowest BCUT2D eigenvalue weighted by Crippen LogP contribution is -2.42. The Morgan fingerprint density at radius 2 is 0.952 bits per heavy atom. The molecule has 304 valence electrons. The number of nitrogens with zero attached hydrogens (tertiary/aromatic N) is 7. The molecule has 0 bridgehead atoms. The maximum Gasteiger partial charge on any atom is 0.262 e. The van der Waals surface area contributed by atoms with Gasteiger partial charge in [0.15, 0.2) is 0 Å². The molecule has 8 nitrogen and oxygen atoms in total. The molecular weight excluding hydrogens is 841 g/mol. The Labute approximate surface area is 377 Å². The van der Waals surface area contributed by atoms with Gasteiger partial charge in [-0.2, -0.15) is 9.13 Å². The van der Waals surface area contributed by atoms with E-state index in [1.807, 2.05) is 22.7 Å². The topological polar surface area (TPSA) is 71.0 Å². The van der Waals surface area contributed by atoms with E-state index in [0.29, 0.717) is 10.3 Å². The first-order chi connectivity index (χ1) is 30.5. The van der Waals surface area contributed by atoms with Gasteiger partial charge in [-0.1, -0.05) is 132 Å². The Balaban J connectivity index is 0.992. The summed E-state index contributed by atoms with van der Waals surface area (Å²) in [6.07, 6.45) is 27.2. The summed E-state index contributed by atoms with van der Waals surface area (Å²) in [6.45, 7) is 0. The fourth-order valence-corrected chi connectivity index (χ4v) is 13.0. The quantitative estimate of drug-likeness (QED) is 0.120. The number of aromatic nitrogens is 5. The molecule has 0 saturated carbocycles. The first kappa shape index (κ1) is 38.7. The number of nitrogen functional groups attached to an aromatic ring is 1. The number of aryl methyl sites for hydroxylation is 2. The van der Waals surface area contributed by atoms with Crippen LogP contribution in [-0.4, -0.2) is 27.0 Å². The highest BCUT2D eigenvalue weighted by molar-refractivity contribution is 8.03. The molecule has 2 N–H and O–H groups in total. The molecule has 2 aliphatic heterocycles. The molecule has 0 fully saturated rings. The summed E-state index contributed by atoms with van der Waals surface area (Å²) in [4.78, 5) is 4.82. The number of hydrogen-bond acceptors (Lipinski definition) is 9. The third kappa shape index (κ3) is 6.97. The van der Waals surface area contributed by atoms with E-state index in [1.54, 1.807) is 28.2 Å². The van der Waals surface area contributed by atoms with Gasteiger partial charge in [0.05, 0.1) is 22.1 Å². The van der Waals surface area contributed by atoms with Gasteiger partial charge in [0.25, 0.3) is 10.0 Å². The average Bonchev–Trinajstić information content (AvgIpc) is 3.94. The minimum Gasteiger partial charge on any atom is -0.335 e. The summed E-state index contributed by atoms with van der Waals surface area (Å²) >= 11 is 6.72. The van der Waals surface area contributed by atoms with Crippen molar-refractivity contribution in [2.45, 2.75) is 22.4 Å². The van der Waals surface area contributed by atoms with Crippen LogP contribution in [0.5, 0.6) is 0 Å². The minimum absolute atomic E-state index is 0.0501. The van der Waals surface area contributed by atoms with Crippen molar-refractivity contribution in [3.63, 3.8) is 0 Å². The largest absolute Gasteiger partial charge is 0.335 e. The Bertz CT molecular complexity index is 2900. The van der Waals surface area contributed by atoms with Crippen molar-refractivity contribution in [1.29, 1.82) is 0 Å². The van der Waals surface area contributed by atoms with E-state index < -0.39 is 0 Å². The van der Waals surface area contributed by atoms with E-state index in [0.717, 1.165) is 21.4 Å². The van der Waals surface area contributed by atoms with Crippen molar-refractivity contribution in [3.8, 4) is 0 Å². The fraction of sp³-hybridized carbons (Fsp3) is 0.120. The van der Waals surface area contributed by atoms with E-state index >= 15 is 0 Å². The van der Waals surface area contributed by atoms with Gasteiger partial charge in [-0.3, -0.25) is 0 Å². The van der Waals surface area contributed by atoms with Crippen molar-refractivity contribution in [3.05, 3.63) is 201 Å². The van der Waals surface area contributed by atoms with Crippen LogP contribution in [0, 0.1) is 11.8 Å². The molecule has 7 aromatic rings. The predicted octanol–water partition coefficient (Wildman–Crippen LogP) is 10.4. The summed E-state index contributed by atoms with van der Waals surface area (Å²) in [5.41, 5.74) is 7.11. The summed E-state index contributed by atoms with van der Waals surface area (Å²) in [7, 11) is 4.30. The van der Waals surface area contributed by atoms with Gasteiger partial charge in [0.1, 0.15) is 23.5 Å². The zero-order valence-electron chi connectivity index (χ0n) is 34.0. The van der Waals surface area contributed by atoms with Crippen molar-refractivity contribution < 1.29 is 9.13 Å². The molecule has 0 amide bonds. The number of rotatable bonds is 8. The normalized spacial score (nSPS) is 21.8. The molecule has 4 aromatic carbocycles. The fourth-order valence-electron chi connectivity index (χ4n) is 8.79. The zero-order chi connectivity index (χ0) is 41.7. The van der Waals surface area contributed by atoms with E-state index in [4.69, 9.17) is 16.0 Å². The van der Waals surface area contributed by atoms with E-state index in [1.165, 1.54) is 41.6 Å². The van der Waals surface area contributed by atoms with Gasteiger partial charge in [0.2, 0.25) is 21.3 Å². The van der Waals surface area contributed by atoms with Gasteiger partial charge in [-0.15, -0.1) is 10.2 Å². The van der Waals surface area contributed by atoms with Gasteiger partial charge >= 0.3 is 0 Å². The lowest BCUT2D eigenvalue weighted by Gasteiger charge is -2.42. The summed E-state index contributed by atoms with van der Waals surface area (Å²) in [5, 5.41) is 15.2. The van der Waals surface area contributed by atoms with Gasteiger partial charge < -0.3 is 15.6 Å². The van der Waals surface area contributed by atoms with Crippen LogP contribution in [0.2, 0.25) is 0 Å². The number of benzene rings is 4. The molecule has 3 aromatic heterocycles. The third-order valence-electron chi connectivity index (χ3n) is 11.9. The average molecular weight is 883 g/mol. The van der Waals surface area contributed by atoms with Crippen molar-refractivity contribution in [2.24, 2.45) is 25.9 Å². The number of thioether (sulfide) groups is 2. The number of nitrogens with two attached hydrogens (primary N) is 1. The smallest absolute Gasteiger partial charge is 0.262 e. The monoisotopic (exact) mass is 882 g/mol. The summed E-state index contributed by atoms with van der Waals surface area (Å²) in [6, 6.07) is 38.5. The van der Waals surface area contributed by atoms with E-state index in [9.17, 15) is 0 Å². The Kier molecular flexibility index (Phi) is 10.2. The SMILES string of the molecule is C[n+]1c(/C=C2\C=C(Sc3nnc(SC4=C/C(=C\c5sc6ccccc6[n+]5C)C5C=CC=CC5N4c4ccccc4)n3N)N(c3ccccc3)C3C=CC=CC23)sc2ccccc21. The molecule has 12 heteroatoms. The second-order valence-corrected chi connectivity index (χ2v) is 19.6. The molecule has 0 spiro atoms. The highest BCUT2D eigenvalue weighted by Gasteiger charge is 2.38. The number of allylic oxidation sites excluding steroid dienone is 6. The predicted molar refractivity (Wildman–Crippen MR) is 259 cm³/mol. The molecule has 2 aliphatic carbocycles. The number of para-hydroxylation sites is 4. The number of thiazole rings is 2. The van der Waals surface area contributed by atoms with Crippen LogP contribution in [0.1, 0.15) is 10.0 Å². The Morgan fingerprint density at radius 3 is 1.39 bits per heavy atom. The van der Waals surface area contributed by atoms with E-state index in [2.05, 4.69) is 215 Å². The zero-order valence-corrected chi connectivity index (χ0v) is 37.2. The standard InChI is InChI=1S/C50H42N8S4/c1-54-41-25-13-15-27-43(41)59-45(54)29-33-31-47(56(35-17-5-3-6-18-35)39-23-11-9-21-37(33)39)61-49-52-53-50(58(49)51)62-48-32-34(30-46-55(2)42-26-14-16-28-44(42)60-46)38-22-10-12-24-40(38)57(48)36-19-7-4-8-20-36/h3-32,37-40H,51H2,1-2H3/q+2. The van der Waals surface area contributed by atoms with Gasteiger partial charge in [0, 0.05) is 47.5 Å². The van der Waals surface area contributed by atoms with Crippen molar-refractivity contribution >= 4 is 90.2 Å². The van der Waals surface area contributed by atoms with E-state index in [-0.39, 0.29) is 23.9 Å². The summed E-state index contributed by atoms with van der Waals surface area (Å²) in [5.74, 6) is 7.37. The number of fused-ring (bicyclic) bond motifs is 4. The highest BCUT2D eigenvalue weighted by Crippen LogP contribution is 2.47. The maximum absolute atomic E-state index is 7.09. The van der Waals surface area contributed by atoms with Crippen LogP contribution in [-0.2, 0) is 14.1 Å². The molecule has 4 atom stereocenters. The second-order valence-electron chi connectivity index (χ2n) is 15.5. The first-order valence-electron chi connectivity index (χ1n) is 20.5. The molecule has 5 heterocycles. The van der Waals surface area contributed by atoms with Crippen LogP contribution < -0.4 is 24.8 Å². The van der Waals surface area contributed by atoms with Gasteiger partial charge in [-0.05, 0) is 83.2 Å².